The minimum Gasteiger partial charge on any atom is -0.379 e. The zero-order chi connectivity index (χ0) is 48.1. The molecule has 0 radical (unpaired) electrons. The van der Waals surface area contributed by atoms with Crippen LogP contribution < -0.4 is 10.6 Å². The SMILES string of the molecule is O=C(N[C@@H](C(=O)N1C[C@H](F)C[C@H]1c1ncc(-c2ccc(-c3ccc(-c4cnc([C@@H]5C[C@@H](F)CN5C(=O)[C@H](NC(O)N5CCOCC5)c5ccccc5)s4)cc3)cc2)s1)c1ccccc1)N1CCOCC1. The van der Waals surface area contributed by atoms with Gasteiger partial charge in [-0.25, -0.2) is 23.5 Å². The number of benzene rings is 4. The number of amides is 4. The minimum atomic E-state index is -1.24. The van der Waals surface area contributed by atoms with E-state index >= 15 is 8.78 Å². The molecule has 4 fully saturated rings. The van der Waals surface area contributed by atoms with Gasteiger partial charge in [-0.15, -0.1) is 22.7 Å². The van der Waals surface area contributed by atoms with Crippen LogP contribution in [-0.2, 0) is 19.1 Å². The number of alkyl halides is 2. The van der Waals surface area contributed by atoms with Crippen molar-refractivity contribution >= 4 is 40.5 Å². The summed E-state index contributed by atoms with van der Waals surface area (Å²) in [7, 11) is 0. The lowest BCUT2D eigenvalue weighted by Crippen LogP contribution is -2.54. The maximum Gasteiger partial charge on any atom is 0.318 e. The summed E-state index contributed by atoms with van der Waals surface area (Å²) in [5.41, 5.74) is 5.16. The van der Waals surface area contributed by atoms with Crippen molar-refractivity contribution < 1.29 is 37.7 Å². The lowest BCUT2D eigenvalue weighted by atomic mass is 10.0. The second-order valence-corrected chi connectivity index (χ2v) is 20.0. The molecular weight excluding hydrogens is 935 g/mol. The number of rotatable bonds is 13. The van der Waals surface area contributed by atoms with Crippen molar-refractivity contribution in [3.05, 3.63) is 143 Å². The van der Waals surface area contributed by atoms with Crippen LogP contribution in [0.4, 0.5) is 13.6 Å². The summed E-state index contributed by atoms with van der Waals surface area (Å²) >= 11 is 2.86. The summed E-state index contributed by atoms with van der Waals surface area (Å²) in [5.74, 6) is -0.708. The highest BCUT2D eigenvalue weighted by molar-refractivity contribution is 7.15. The van der Waals surface area contributed by atoms with E-state index in [9.17, 15) is 19.5 Å². The topological polar surface area (TPSA) is 153 Å². The van der Waals surface area contributed by atoms with Crippen LogP contribution in [0, 0.1) is 0 Å². The molecule has 2 aromatic heterocycles. The van der Waals surface area contributed by atoms with Crippen molar-refractivity contribution in [3.8, 4) is 32.0 Å². The van der Waals surface area contributed by atoms with Crippen LogP contribution in [-0.4, -0.2) is 137 Å². The average molecular weight is 989 g/mol. The molecule has 0 aliphatic carbocycles. The fraction of sp³-hybridized carbons (Fsp3) is 0.365. The van der Waals surface area contributed by atoms with Gasteiger partial charge in [0.25, 0.3) is 5.91 Å². The van der Waals surface area contributed by atoms with E-state index in [1.54, 1.807) is 34.3 Å². The van der Waals surface area contributed by atoms with Gasteiger partial charge in [0, 0.05) is 51.4 Å². The molecule has 6 aromatic rings. The molecule has 4 aromatic carbocycles. The molecule has 10 rings (SSSR count). The van der Waals surface area contributed by atoms with Gasteiger partial charge in [-0.2, -0.15) is 0 Å². The van der Waals surface area contributed by atoms with Crippen molar-refractivity contribution in [3.63, 3.8) is 0 Å². The maximum absolute atomic E-state index is 15.3. The van der Waals surface area contributed by atoms with E-state index in [1.165, 1.54) is 27.6 Å². The zero-order valence-corrected chi connectivity index (χ0v) is 40.0. The van der Waals surface area contributed by atoms with Crippen molar-refractivity contribution in [2.75, 3.05) is 65.7 Å². The highest BCUT2D eigenvalue weighted by Crippen LogP contribution is 2.42. The Balaban J connectivity index is 0.803. The van der Waals surface area contributed by atoms with Crippen molar-refractivity contribution in [1.82, 2.24) is 40.2 Å². The Labute approximate surface area is 412 Å². The first-order valence-electron chi connectivity index (χ1n) is 23.7. The number of aromatic nitrogens is 2. The molecule has 4 aliphatic rings. The zero-order valence-electron chi connectivity index (χ0n) is 38.3. The van der Waals surface area contributed by atoms with Gasteiger partial charge in [0.05, 0.1) is 61.4 Å². The average Bonchev–Trinajstić information content (AvgIpc) is 4.25. The van der Waals surface area contributed by atoms with Crippen LogP contribution in [0.25, 0.3) is 32.0 Å². The third kappa shape index (κ3) is 10.5. The highest BCUT2D eigenvalue weighted by Gasteiger charge is 2.43. The largest absolute Gasteiger partial charge is 0.379 e. The summed E-state index contributed by atoms with van der Waals surface area (Å²) in [6, 6.07) is 31.1. The molecule has 3 N–H and O–H groups in total. The number of likely N-dealkylation sites (tertiary alicyclic amines) is 2. The van der Waals surface area contributed by atoms with E-state index in [4.69, 9.17) is 19.4 Å². The molecule has 4 amide bonds. The number of hydrogen-bond acceptors (Lipinski definition) is 12. The molecule has 6 heterocycles. The number of carbonyl (C=O) groups is 3. The van der Waals surface area contributed by atoms with Crippen LogP contribution in [0.5, 0.6) is 0 Å². The number of morpholine rings is 2. The third-order valence-corrected chi connectivity index (χ3v) is 15.7. The van der Waals surface area contributed by atoms with Crippen LogP contribution in [0.1, 0.15) is 58.2 Å². The number of halogens is 2. The molecule has 0 spiro atoms. The first kappa shape index (κ1) is 47.7. The highest BCUT2D eigenvalue weighted by atomic mass is 32.1. The third-order valence-electron chi connectivity index (χ3n) is 13.4. The Morgan fingerprint density at radius 1 is 0.600 bits per heavy atom. The second-order valence-electron chi connectivity index (χ2n) is 17.9. The van der Waals surface area contributed by atoms with Crippen molar-refractivity contribution in [1.29, 1.82) is 0 Å². The summed E-state index contributed by atoms with van der Waals surface area (Å²) in [6.07, 6.45) is 0.233. The first-order chi connectivity index (χ1) is 34.2. The van der Waals surface area contributed by atoms with E-state index in [2.05, 4.69) is 10.6 Å². The molecule has 70 heavy (non-hydrogen) atoms. The Morgan fingerprint density at radius 2 is 1.03 bits per heavy atom. The number of nitrogens with one attached hydrogen (secondary N) is 2. The van der Waals surface area contributed by atoms with Gasteiger partial charge in [-0.05, 0) is 33.4 Å². The molecule has 4 saturated heterocycles. The van der Waals surface area contributed by atoms with Crippen LogP contribution in [0.15, 0.2) is 122 Å². The molecule has 0 bridgehead atoms. The maximum atomic E-state index is 15.3. The van der Waals surface area contributed by atoms with Gasteiger partial charge in [0.15, 0.2) is 6.35 Å². The monoisotopic (exact) mass is 988 g/mol. The molecule has 14 nitrogen and oxygen atoms in total. The second kappa shape index (κ2) is 21.6. The summed E-state index contributed by atoms with van der Waals surface area (Å²) < 4.78 is 41.4. The smallest absolute Gasteiger partial charge is 0.318 e. The van der Waals surface area contributed by atoms with E-state index in [0.29, 0.717) is 73.7 Å². The molecule has 1 unspecified atom stereocenters. The van der Waals surface area contributed by atoms with Gasteiger partial charge in [-0.3, -0.25) is 19.8 Å². The Hall–Kier alpha value is -5.99. The standard InChI is InChI=1S/C52H54F2N8O6S2/c53-39-27-41(61(31-39)49(63)45(37-7-3-1-4-8-37)57-51(65)59-19-23-67-24-20-59)47-55-29-43(69-47)35-15-11-33(12-16-35)34-13-17-36(18-14-34)44-30-56-48(70-44)42-28-40(54)32-62(42)50(64)46(38-9-5-2-6-10-38)58-52(66)60-21-25-68-26-22-60/h1-18,29-30,39-42,45-46,51,57,65H,19-28,31-32H2,(H,58,66)/t39-,40-,41+,42+,45-,46-,51?/m1/s1. The fourth-order valence-electron chi connectivity index (χ4n) is 9.61. The van der Waals surface area contributed by atoms with Crippen LogP contribution >= 0.6 is 22.7 Å². The molecular formula is C52H54F2N8O6S2. The van der Waals surface area contributed by atoms with Gasteiger partial charge in [0.2, 0.25) is 5.91 Å². The molecule has 7 atom stereocenters. The predicted octanol–water partition coefficient (Wildman–Crippen LogP) is 7.55. The number of hydrogen-bond donors (Lipinski definition) is 3. The van der Waals surface area contributed by atoms with Crippen LogP contribution in [0.3, 0.4) is 0 Å². The summed E-state index contributed by atoms with van der Waals surface area (Å²) in [4.78, 5) is 59.7. The Bertz CT molecular complexity index is 2720. The number of aliphatic hydroxyl groups is 1. The normalized spacial score (nSPS) is 22.2. The van der Waals surface area contributed by atoms with E-state index < -0.39 is 42.9 Å². The number of ether oxygens (including phenoxy) is 2. The number of thiazole rings is 2. The van der Waals surface area contributed by atoms with Gasteiger partial charge in [-0.1, -0.05) is 109 Å². The number of carbonyl (C=O) groups excluding carboxylic acids is 3. The van der Waals surface area contributed by atoms with Crippen LogP contribution in [0.2, 0.25) is 0 Å². The first-order valence-corrected chi connectivity index (χ1v) is 25.3. The Kier molecular flexibility index (Phi) is 14.7. The quantitative estimate of drug-likeness (QED) is 0.0990. The molecule has 4 aliphatic heterocycles. The summed E-state index contributed by atoms with van der Waals surface area (Å²) in [6.45, 7) is 3.51. The predicted molar refractivity (Wildman–Crippen MR) is 263 cm³/mol. The fourth-order valence-corrected chi connectivity index (χ4v) is 11.7. The molecule has 0 saturated carbocycles. The molecule has 364 valence electrons. The van der Waals surface area contributed by atoms with Gasteiger partial charge < -0.3 is 34.6 Å². The Morgan fingerprint density at radius 3 is 1.51 bits per heavy atom. The van der Waals surface area contributed by atoms with Gasteiger partial charge in [0.1, 0.15) is 34.4 Å². The van der Waals surface area contributed by atoms with Gasteiger partial charge >= 0.3 is 6.03 Å². The van der Waals surface area contributed by atoms with E-state index in [0.717, 1.165) is 32.0 Å². The molecule has 18 heteroatoms. The summed E-state index contributed by atoms with van der Waals surface area (Å²) in [5, 5.41) is 18.5. The van der Waals surface area contributed by atoms with E-state index in [1.807, 2.05) is 102 Å². The van der Waals surface area contributed by atoms with E-state index in [-0.39, 0.29) is 43.8 Å². The minimum absolute atomic E-state index is 0.0671. The van der Waals surface area contributed by atoms with Crippen molar-refractivity contribution in [2.24, 2.45) is 0 Å². The van der Waals surface area contributed by atoms with Crippen molar-refractivity contribution in [2.45, 2.75) is 55.7 Å². The number of urea groups is 1. The lowest BCUT2D eigenvalue weighted by Gasteiger charge is -2.35. The number of aliphatic hydroxyl groups excluding tert-OH is 1. The number of nitrogens with zero attached hydrogens (tertiary/aromatic N) is 6. The lowest BCUT2D eigenvalue weighted by molar-refractivity contribution is -0.139.